The maximum Gasteiger partial charge on any atom is 0.181 e. The van der Waals surface area contributed by atoms with Gasteiger partial charge in [0, 0.05) is 0 Å². The van der Waals surface area contributed by atoms with Gasteiger partial charge in [-0.25, -0.2) is 0 Å². The van der Waals surface area contributed by atoms with Crippen LogP contribution >= 0.6 is 0 Å². The normalized spacial score (nSPS) is 39.8. The van der Waals surface area contributed by atoms with Gasteiger partial charge < -0.3 is 5.11 Å². The molecule has 2 aliphatic rings. The van der Waals surface area contributed by atoms with Gasteiger partial charge in [0.25, 0.3) is 0 Å². The summed E-state index contributed by atoms with van der Waals surface area (Å²) >= 11 is 0. The molecule has 0 radical (unpaired) electrons. The van der Waals surface area contributed by atoms with Crippen LogP contribution in [-0.4, -0.2) is 16.5 Å². The molecule has 0 unspecified atom stereocenters. The van der Waals surface area contributed by atoms with Gasteiger partial charge in [0.2, 0.25) is 0 Å². The molecule has 2 nitrogen and oxygen atoms in total. The van der Waals surface area contributed by atoms with Crippen molar-refractivity contribution in [2.45, 2.75) is 52.6 Å². The third-order valence-electron chi connectivity index (χ3n) is 4.47. The fourth-order valence-corrected chi connectivity index (χ4v) is 3.08. The molecule has 17 heavy (non-hydrogen) atoms. The van der Waals surface area contributed by atoms with Crippen LogP contribution in [0.2, 0.25) is 0 Å². The zero-order valence-electron chi connectivity index (χ0n) is 11.2. The van der Waals surface area contributed by atoms with Crippen LogP contribution in [0.25, 0.3) is 0 Å². The molecular weight excluding hydrogens is 212 g/mol. The largest absolute Gasteiger partial charge is 0.386 e. The maximum absolute atomic E-state index is 12.0. The number of carbonyl (C=O) groups is 1. The highest BCUT2D eigenvalue weighted by molar-refractivity contribution is 6.04. The van der Waals surface area contributed by atoms with Crippen LogP contribution in [0.4, 0.5) is 0 Å². The predicted octanol–water partition coefficient (Wildman–Crippen LogP) is 3.02. The number of rotatable bonds is 0. The van der Waals surface area contributed by atoms with E-state index in [1.807, 2.05) is 19.9 Å². The first-order valence-electron chi connectivity index (χ1n) is 6.39. The van der Waals surface area contributed by atoms with Gasteiger partial charge in [0.05, 0.1) is 5.60 Å². The molecule has 1 N–H and O–H groups in total. The monoisotopic (exact) mass is 234 g/mol. The lowest BCUT2D eigenvalue weighted by Gasteiger charge is -2.35. The van der Waals surface area contributed by atoms with Crippen molar-refractivity contribution in [3.8, 4) is 0 Å². The molecule has 0 heterocycles. The van der Waals surface area contributed by atoms with Gasteiger partial charge in [-0.1, -0.05) is 19.9 Å². The smallest absolute Gasteiger partial charge is 0.181 e. The van der Waals surface area contributed by atoms with Gasteiger partial charge >= 0.3 is 0 Å². The van der Waals surface area contributed by atoms with E-state index in [4.69, 9.17) is 0 Å². The van der Waals surface area contributed by atoms with Gasteiger partial charge in [0.15, 0.2) is 5.78 Å². The van der Waals surface area contributed by atoms with E-state index in [0.29, 0.717) is 5.92 Å². The highest BCUT2D eigenvalue weighted by atomic mass is 16.3. The Labute approximate surface area is 103 Å². The number of hydrogen-bond acceptors (Lipinski definition) is 2. The Morgan fingerprint density at radius 2 is 2.00 bits per heavy atom. The minimum atomic E-state index is -0.796. The first-order valence-corrected chi connectivity index (χ1v) is 6.39. The van der Waals surface area contributed by atoms with E-state index in [0.717, 1.165) is 30.4 Å². The molecule has 0 aromatic carbocycles. The summed E-state index contributed by atoms with van der Waals surface area (Å²) in [6.07, 6.45) is 6.38. The molecule has 0 bridgehead atoms. The topological polar surface area (TPSA) is 37.3 Å². The van der Waals surface area contributed by atoms with Crippen LogP contribution in [-0.2, 0) is 4.79 Å². The van der Waals surface area contributed by atoms with Crippen molar-refractivity contribution in [1.82, 2.24) is 0 Å². The van der Waals surface area contributed by atoms with Crippen molar-refractivity contribution in [3.63, 3.8) is 0 Å². The van der Waals surface area contributed by atoms with Crippen molar-refractivity contribution < 1.29 is 9.90 Å². The number of carbonyl (C=O) groups excluding carboxylic acids is 1. The highest BCUT2D eigenvalue weighted by Gasteiger charge is 2.45. The molecular formula is C15H22O2. The predicted molar refractivity (Wildman–Crippen MR) is 68.6 cm³/mol. The quantitative estimate of drug-likeness (QED) is 0.699. The van der Waals surface area contributed by atoms with Crippen molar-refractivity contribution in [2.75, 3.05) is 0 Å². The molecule has 0 spiro atoms. The Bertz CT molecular complexity index is 411. The van der Waals surface area contributed by atoms with Crippen molar-refractivity contribution >= 4 is 5.78 Å². The second-order valence-electron chi connectivity index (χ2n) is 6.41. The van der Waals surface area contributed by atoms with Crippen LogP contribution in [0.1, 0.15) is 47.0 Å². The van der Waals surface area contributed by atoms with Crippen LogP contribution in [0.5, 0.6) is 0 Å². The number of fused-ring (bicyclic) bond motifs is 1. The van der Waals surface area contributed by atoms with Crippen LogP contribution in [0.3, 0.4) is 0 Å². The Hall–Kier alpha value is -0.890. The third kappa shape index (κ3) is 2.11. The lowest BCUT2D eigenvalue weighted by molar-refractivity contribution is -0.111. The molecule has 1 saturated carbocycles. The van der Waals surface area contributed by atoms with E-state index in [-0.39, 0.29) is 11.2 Å². The van der Waals surface area contributed by atoms with E-state index >= 15 is 0 Å². The van der Waals surface area contributed by atoms with Crippen LogP contribution in [0, 0.1) is 11.3 Å². The van der Waals surface area contributed by atoms with Gasteiger partial charge in [-0.15, -0.1) is 0 Å². The summed E-state index contributed by atoms with van der Waals surface area (Å²) in [5, 5.41) is 10.4. The van der Waals surface area contributed by atoms with Gasteiger partial charge in [-0.05, 0) is 61.7 Å². The summed E-state index contributed by atoms with van der Waals surface area (Å²) in [5.74, 6) is 0.383. The Morgan fingerprint density at radius 3 is 2.65 bits per heavy atom. The van der Waals surface area contributed by atoms with Crippen LogP contribution in [0.15, 0.2) is 23.3 Å². The molecule has 2 rings (SSSR count). The second-order valence-corrected chi connectivity index (χ2v) is 6.41. The molecule has 0 aromatic heterocycles. The zero-order valence-corrected chi connectivity index (χ0v) is 11.2. The standard InChI is InChI=1S/C15H22O2/c1-10-5-7-14(2,3)11-6-8-15(4,17)12(11)9-13(10)16/h5,9,11,17H,6-8H2,1-4H3/b10-5-,12-9?/t11-,15-/m1/s1. The molecule has 0 aromatic rings. The van der Waals surface area contributed by atoms with Crippen LogP contribution < -0.4 is 0 Å². The van der Waals surface area contributed by atoms with Gasteiger partial charge in [-0.2, -0.15) is 0 Å². The lowest BCUT2D eigenvalue weighted by Crippen LogP contribution is -2.31. The molecule has 2 aliphatic carbocycles. The molecule has 1 fully saturated rings. The fraction of sp³-hybridized carbons (Fsp3) is 0.667. The summed E-state index contributed by atoms with van der Waals surface area (Å²) < 4.78 is 0. The maximum atomic E-state index is 12.0. The first kappa shape index (κ1) is 12.6. The van der Waals surface area contributed by atoms with E-state index in [9.17, 15) is 9.90 Å². The molecule has 0 amide bonds. The molecule has 2 atom stereocenters. The Morgan fingerprint density at radius 1 is 1.35 bits per heavy atom. The average Bonchev–Trinajstić information content (AvgIpc) is 2.51. The Balaban J connectivity index is 2.50. The third-order valence-corrected chi connectivity index (χ3v) is 4.47. The summed E-state index contributed by atoms with van der Waals surface area (Å²) in [7, 11) is 0. The fourth-order valence-electron chi connectivity index (χ4n) is 3.08. The number of allylic oxidation sites excluding steroid dienone is 3. The zero-order chi connectivity index (χ0) is 12.8. The van der Waals surface area contributed by atoms with E-state index < -0.39 is 5.60 Å². The van der Waals surface area contributed by atoms with E-state index in [2.05, 4.69) is 13.8 Å². The molecule has 2 heteroatoms. The highest BCUT2D eigenvalue weighted by Crippen LogP contribution is 2.50. The number of aliphatic hydroxyl groups is 1. The van der Waals surface area contributed by atoms with Gasteiger partial charge in [-0.3, -0.25) is 4.79 Å². The molecule has 94 valence electrons. The van der Waals surface area contributed by atoms with Crippen molar-refractivity contribution in [3.05, 3.63) is 23.3 Å². The second kappa shape index (κ2) is 3.81. The van der Waals surface area contributed by atoms with Crippen molar-refractivity contribution in [2.24, 2.45) is 11.3 Å². The summed E-state index contributed by atoms with van der Waals surface area (Å²) in [6.45, 7) is 8.15. The van der Waals surface area contributed by atoms with Crippen molar-refractivity contribution in [1.29, 1.82) is 0 Å². The summed E-state index contributed by atoms with van der Waals surface area (Å²) in [5.41, 5.74) is 1.07. The van der Waals surface area contributed by atoms with E-state index in [1.54, 1.807) is 6.08 Å². The minimum Gasteiger partial charge on any atom is -0.386 e. The molecule has 0 aliphatic heterocycles. The summed E-state index contributed by atoms with van der Waals surface area (Å²) in [6, 6.07) is 0. The SMILES string of the molecule is C/C1=C/CC(C)(C)[C@@H]2CC[C@@](C)(O)C2=CC1=O. The average molecular weight is 234 g/mol. The van der Waals surface area contributed by atoms with E-state index in [1.165, 1.54) is 0 Å². The summed E-state index contributed by atoms with van der Waals surface area (Å²) in [4.78, 5) is 12.0. The lowest BCUT2D eigenvalue weighted by atomic mass is 9.70. The number of ketones is 1. The molecule has 0 saturated heterocycles. The van der Waals surface area contributed by atoms with Gasteiger partial charge in [0.1, 0.15) is 0 Å². The minimum absolute atomic E-state index is 0.0580. The first-order chi connectivity index (χ1) is 7.74. The number of hydrogen-bond donors (Lipinski definition) is 1. The Kier molecular flexibility index (Phi) is 2.81.